The number of halogens is 2. The van der Waals surface area contributed by atoms with Crippen molar-refractivity contribution in [3.8, 4) is 0 Å². The van der Waals surface area contributed by atoms with Crippen molar-refractivity contribution in [2.24, 2.45) is 0 Å². The standard InChI is InChI=1S/C7H7BrFN/c1-2-7-6(8)3-5(9)4-10-7/h3-4H,2H2,1H3. The van der Waals surface area contributed by atoms with Crippen LogP contribution in [0, 0.1) is 5.82 Å². The van der Waals surface area contributed by atoms with Crippen LogP contribution >= 0.6 is 15.9 Å². The minimum atomic E-state index is -0.302. The van der Waals surface area contributed by atoms with E-state index < -0.39 is 0 Å². The summed E-state index contributed by atoms with van der Waals surface area (Å²) >= 11 is 3.20. The molecule has 0 aliphatic heterocycles. The van der Waals surface area contributed by atoms with Gasteiger partial charge in [-0.25, -0.2) is 4.39 Å². The SMILES string of the molecule is CCc1ncc(F)cc1Br. The molecule has 0 N–H and O–H groups in total. The van der Waals surface area contributed by atoms with Gasteiger partial charge in [0.1, 0.15) is 5.82 Å². The van der Waals surface area contributed by atoms with E-state index in [-0.39, 0.29) is 5.82 Å². The maximum atomic E-state index is 12.4. The zero-order valence-electron chi connectivity index (χ0n) is 5.56. The highest BCUT2D eigenvalue weighted by Gasteiger charge is 1.98. The largest absolute Gasteiger partial charge is 0.257 e. The van der Waals surface area contributed by atoms with Crippen LogP contribution in [-0.4, -0.2) is 4.98 Å². The molecule has 0 atom stereocenters. The first-order valence-electron chi connectivity index (χ1n) is 3.04. The molecule has 0 spiro atoms. The van der Waals surface area contributed by atoms with Gasteiger partial charge in [0.05, 0.1) is 11.9 Å². The molecule has 0 amide bonds. The zero-order chi connectivity index (χ0) is 7.56. The normalized spacial score (nSPS) is 9.90. The summed E-state index contributed by atoms with van der Waals surface area (Å²) in [6.07, 6.45) is 2.05. The van der Waals surface area contributed by atoms with E-state index >= 15 is 0 Å². The average molecular weight is 204 g/mol. The Morgan fingerprint density at radius 1 is 1.70 bits per heavy atom. The maximum absolute atomic E-state index is 12.4. The van der Waals surface area contributed by atoms with Gasteiger partial charge in [-0.2, -0.15) is 0 Å². The summed E-state index contributed by atoms with van der Waals surface area (Å²) < 4.78 is 13.1. The fourth-order valence-corrected chi connectivity index (χ4v) is 1.30. The summed E-state index contributed by atoms with van der Waals surface area (Å²) in [5, 5.41) is 0. The van der Waals surface area contributed by atoms with Crippen LogP contribution in [0.3, 0.4) is 0 Å². The van der Waals surface area contributed by atoms with Gasteiger partial charge in [0.15, 0.2) is 0 Å². The van der Waals surface area contributed by atoms with Gasteiger partial charge in [-0.15, -0.1) is 0 Å². The van der Waals surface area contributed by atoms with Gasteiger partial charge in [-0.05, 0) is 28.4 Å². The van der Waals surface area contributed by atoms with Crippen LogP contribution in [0.1, 0.15) is 12.6 Å². The van der Waals surface area contributed by atoms with Gasteiger partial charge < -0.3 is 0 Å². The molecule has 0 saturated heterocycles. The van der Waals surface area contributed by atoms with Gasteiger partial charge in [0.2, 0.25) is 0 Å². The van der Waals surface area contributed by atoms with Crippen LogP contribution < -0.4 is 0 Å². The summed E-state index contributed by atoms with van der Waals surface area (Å²) in [5.74, 6) is -0.302. The van der Waals surface area contributed by atoms with Crippen molar-refractivity contribution >= 4 is 15.9 Å². The highest BCUT2D eigenvalue weighted by Crippen LogP contribution is 2.15. The minimum absolute atomic E-state index is 0.302. The van der Waals surface area contributed by atoms with Gasteiger partial charge in [0, 0.05) is 4.47 Å². The third-order valence-electron chi connectivity index (χ3n) is 1.22. The molecule has 0 aliphatic rings. The Morgan fingerprint density at radius 2 is 2.40 bits per heavy atom. The molecular weight excluding hydrogens is 197 g/mol. The monoisotopic (exact) mass is 203 g/mol. The predicted octanol–water partition coefficient (Wildman–Crippen LogP) is 2.55. The topological polar surface area (TPSA) is 12.9 Å². The Balaban J connectivity index is 3.07. The minimum Gasteiger partial charge on any atom is -0.257 e. The highest BCUT2D eigenvalue weighted by molar-refractivity contribution is 9.10. The first-order chi connectivity index (χ1) is 4.74. The highest BCUT2D eigenvalue weighted by atomic mass is 79.9. The molecule has 0 aliphatic carbocycles. The number of aryl methyl sites for hydroxylation is 1. The van der Waals surface area contributed by atoms with Gasteiger partial charge in [-0.3, -0.25) is 4.98 Å². The fraction of sp³-hybridized carbons (Fsp3) is 0.286. The van der Waals surface area contributed by atoms with E-state index in [1.807, 2.05) is 6.92 Å². The number of pyridine rings is 1. The molecule has 0 aromatic carbocycles. The molecule has 0 fully saturated rings. The van der Waals surface area contributed by atoms with Crippen LogP contribution in [0.4, 0.5) is 4.39 Å². The molecule has 1 rings (SSSR count). The van der Waals surface area contributed by atoms with Crippen molar-refractivity contribution in [3.63, 3.8) is 0 Å². The van der Waals surface area contributed by atoms with Crippen LogP contribution in [0.2, 0.25) is 0 Å². The molecule has 1 heterocycles. The van der Waals surface area contributed by atoms with Crippen molar-refractivity contribution in [3.05, 3.63) is 28.2 Å². The quantitative estimate of drug-likeness (QED) is 0.684. The lowest BCUT2D eigenvalue weighted by atomic mass is 10.3. The zero-order valence-corrected chi connectivity index (χ0v) is 7.15. The molecule has 1 aromatic rings. The summed E-state index contributed by atoms with van der Waals surface area (Å²) in [5.41, 5.74) is 0.890. The van der Waals surface area contributed by atoms with Crippen molar-refractivity contribution in [1.82, 2.24) is 4.98 Å². The first kappa shape index (κ1) is 7.66. The van der Waals surface area contributed by atoms with Crippen molar-refractivity contribution in [2.45, 2.75) is 13.3 Å². The second-order valence-corrected chi connectivity index (χ2v) is 2.79. The maximum Gasteiger partial charge on any atom is 0.142 e. The Morgan fingerprint density at radius 3 is 2.90 bits per heavy atom. The van der Waals surface area contributed by atoms with Crippen LogP contribution in [-0.2, 0) is 6.42 Å². The molecule has 3 heteroatoms. The molecule has 1 aromatic heterocycles. The first-order valence-corrected chi connectivity index (χ1v) is 3.83. The Hall–Kier alpha value is -0.440. The number of aromatic nitrogens is 1. The molecule has 10 heavy (non-hydrogen) atoms. The van der Waals surface area contributed by atoms with E-state index in [0.29, 0.717) is 0 Å². The molecule has 1 nitrogen and oxygen atoms in total. The van der Waals surface area contributed by atoms with Crippen molar-refractivity contribution in [2.75, 3.05) is 0 Å². The Labute approximate surface area is 67.4 Å². The summed E-state index contributed by atoms with van der Waals surface area (Å²) in [4.78, 5) is 3.87. The third kappa shape index (κ3) is 1.53. The lowest BCUT2D eigenvalue weighted by molar-refractivity contribution is 0.618. The van der Waals surface area contributed by atoms with E-state index in [4.69, 9.17) is 0 Å². The lowest BCUT2D eigenvalue weighted by Crippen LogP contribution is -1.89. The second kappa shape index (κ2) is 3.10. The summed E-state index contributed by atoms with van der Waals surface area (Å²) in [6, 6.07) is 1.42. The number of hydrogen-bond donors (Lipinski definition) is 0. The molecule has 0 saturated carbocycles. The second-order valence-electron chi connectivity index (χ2n) is 1.94. The Kier molecular flexibility index (Phi) is 2.38. The van der Waals surface area contributed by atoms with Crippen molar-refractivity contribution in [1.29, 1.82) is 0 Å². The van der Waals surface area contributed by atoms with E-state index in [1.54, 1.807) is 0 Å². The number of nitrogens with zero attached hydrogens (tertiary/aromatic N) is 1. The summed E-state index contributed by atoms with van der Waals surface area (Å²) in [6.45, 7) is 1.98. The van der Waals surface area contributed by atoms with Gasteiger partial charge in [-0.1, -0.05) is 6.92 Å². The predicted molar refractivity (Wildman–Crippen MR) is 41.3 cm³/mol. The smallest absolute Gasteiger partial charge is 0.142 e. The van der Waals surface area contributed by atoms with E-state index in [2.05, 4.69) is 20.9 Å². The van der Waals surface area contributed by atoms with Gasteiger partial charge >= 0.3 is 0 Å². The molecule has 54 valence electrons. The van der Waals surface area contributed by atoms with Gasteiger partial charge in [0.25, 0.3) is 0 Å². The van der Waals surface area contributed by atoms with Crippen LogP contribution in [0.15, 0.2) is 16.7 Å². The van der Waals surface area contributed by atoms with E-state index in [0.717, 1.165) is 16.6 Å². The fourth-order valence-electron chi connectivity index (χ4n) is 0.703. The lowest BCUT2D eigenvalue weighted by Gasteiger charge is -1.97. The molecular formula is C7H7BrFN. The van der Waals surface area contributed by atoms with Crippen molar-refractivity contribution < 1.29 is 4.39 Å². The molecule has 0 unspecified atom stereocenters. The van der Waals surface area contributed by atoms with E-state index in [9.17, 15) is 4.39 Å². The average Bonchev–Trinajstić information content (AvgIpc) is 1.88. The Bertz CT molecular complexity index is 237. The van der Waals surface area contributed by atoms with Crippen LogP contribution in [0.25, 0.3) is 0 Å². The number of hydrogen-bond acceptors (Lipinski definition) is 1. The summed E-state index contributed by atoms with van der Waals surface area (Å²) in [7, 11) is 0. The van der Waals surface area contributed by atoms with Crippen LogP contribution in [0.5, 0.6) is 0 Å². The number of rotatable bonds is 1. The molecule has 0 radical (unpaired) electrons. The van der Waals surface area contributed by atoms with E-state index in [1.165, 1.54) is 12.3 Å². The molecule has 0 bridgehead atoms. The third-order valence-corrected chi connectivity index (χ3v) is 1.91.